The van der Waals surface area contributed by atoms with Crippen LogP contribution < -0.4 is 0 Å². The molecule has 1 aromatic rings. The van der Waals surface area contributed by atoms with Crippen molar-refractivity contribution in [2.45, 2.75) is 44.9 Å². The molecule has 0 amide bonds. The maximum absolute atomic E-state index is 12.3. The first-order chi connectivity index (χ1) is 9.75. The van der Waals surface area contributed by atoms with Crippen LogP contribution in [0.15, 0.2) is 10.6 Å². The van der Waals surface area contributed by atoms with E-state index in [0.717, 1.165) is 0 Å². The Kier molecular flexibility index (Phi) is 5.34. The van der Waals surface area contributed by atoms with Crippen LogP contribution in [0.3, 0.4) is 0 Å². The number of halogens is 3. The third kappa shape index (κ3) is 4.76. The molecule has 0 aliphatic carbocycles. The Balaban J connectivity index is 2.86. The summed E-state index contributed by atoms with van der Waals surface area (Å²) < 4.78 is 41.7. The molecule has 5 nitrogen and oxygen atoms in total. The highest BCUT2D eigenvalue weighted by Gasteiger charge is 2.38. The predicted octanol–water partition coefficient (Wildman–Crippen LogP) is 3.04. The van der Waals surface area contributed by atoms with Crippen LogP contribution in [0.2, 0.25) is 0 Å². The van der Waals surface area contributed by atoms with E-state index in [2.05, 4.69) is 5.16 Å². The highest BCUT2D eigenvalue weighted by Crippen LogP contribution is 2.33. The Morgan fingerprint density at radius 2 is 1.95 bits per heavy atom. The number of rotatable bonds is 6. The predicted molar refractivity (Wildman–Crippen MR) is 64.4 cm³/mol. The lowest BCUT2D eigenvalue weighted by atomic mass is 9.81. The fraction of sp³-hybridized carbons (Fsp3) is 0.615. The lowest BCUT2D eigenvalue weighted by Gasteiger charge is -2.17. The van der Waals surface area contributed by atoms with Gasteiger partial charge in [0.05, 0.1) is 17.8 Å². The molecule has 0 aliphatic rings. The van der Waals surface area contributed by atoms with Gasteiger partial charge in [-0.15, -0.1) is 0 Å². The van der Waals surface area contributed by atoms with Crippen LogP contribution in [0.4, 0.5) is 13.2 Å². The Hall–Kier alpha value is -2.06. The number of hydrogen-bond donors (Lipinski definition) is 1. The fourth-order valence-corrected chi connectivity index (χ4v) is 1.74. The summed E-state index contributed by atoms with van der Waals surface area (Å²) in [5.41, 5.74) is -1.65. The SMILES string of the molecule is CCC(O)c1cc(CC(C#N)(C#N)CCC(F)(F)F)no1. The molecule has 1 rings (SSSR count). The molecule has 0 aliphatic heterocycles. The summed E-state index contributed by atoms with van der Waals surface area (Å²) in [6.07, 6.45) is -7.08. The maximum atomic E-state index is 12.3. The second kappa shape index (κ2) is 6.59. The summed E-state index contributed by atoms with van der Waals surface area (Å²) in [4.78, 5) is 0. The molecule has 0 aromatic carbocycles. The van der Waals surface area contributed by atoms with E-state index in [1.807, 2.05) is 0 Å². The molecule has 1 N–H and O–H groups in total. The van der Waals surface area contributed by atoms with Crippen molar-refractivity contribution in [1.82, 2.24) is 5.16 Å². The fourth-order valence-electron chi connectivity index (χ4n) is 1.74. The van der Waals surface area contributed by atoms with E-state index >= 15 is 0 Å². The number of aromatic nitrogens is 1. The van der Waals surface area contributed by atoms with Gasteiger partial charge in [-0.3, -0.25) is 0 Å². The minimum atomic E-state index is -4.44. The minimum absolute atomic E-state index is 0.160. The normalized spacial score (nSPS) is 13.5. The Labute approximate surface area is 119 Å². The largest absolute Gasteiger partial charge is 0.389 e. The zero-order valence-corrected chi connectivity index (χ0v) is 11.3. The van der Waals surface area contributed by atoms with E-state index < -0.39 is 30.5 Å². The molecule has 0 bridgehead atoms. The van der Waals surface area contributed by atoms with Crippen LogP contribution in [-0.2, 0) is 6.42 Å². The van der Waals surface area contributed by atoms with Gasteiger partial charge in [0.15, 0.2) is 5.76 Å². The monoisotopic (exact) mass is 301 g/mol. The van der Waals surface area contributed by atoms with Gasteiger partial charge in [-0.05, 0) is 12.8 Å². The molecule has 1 unspecified atom stereocenters. The summed E-state index contributed by atoms with van der Waals surface area (Å²) in [6, 6.07) is 4.62. The van der Waals surface area contributed by atoms with E-state index in [0.29, 0.717) is 6.42 Å². The van der Waals surface area contributed by atoms with Gasteiger partial charge in [-0.2, -0.15) is 23.7 Å². The molecule has 0 radical (unpaired) electrons. The molecule has 114 valence electrons. The van der Waals surface area contributed by atoms with Gasteiger partial charge in [-0.25, -0.2) is 0 Å². The molecule has 1 atom stereocenters. The maximum Gasteiger partial charge on any atom is 0.389 e. The van der Waals surface area contributed by atoms with E-state index in [4.69, 9.17) is 15.0 Å². The van der Waals surface area contributed by atoms with Crippen molar-refractivity contribution in [2.24, 2.45) is 5.41 Å². The number of nitriles is 2. The van der Waals surface area contributed by atoms with E-state index in [1.165, 1.54) is 6.07 Å². The molecule has 8 heteroatoms. The van der Waals surface area contributed by atoms with E-state index in [-0.39, 0.29) is 17.9 Å². The first kappa shape index (κ1) is 17.0. The van der Waals surface area contributed by atoms with Crippen molar-refractivity contribution in [2.75, 3.05) is 0 Å². The van der Waals surface area contributed by atoms with Crippen molar-refractivity contribution < 1.29 is 22.8 Å². The third-order valence-corrected chi connectivity index (χ3v) is 3.04. The zero-order chi connectivity index (χ0) is 16.1. The van der Waals surface area contributed by atoms with Crippen LogP contribution in [0.5, 0.6) is 0 Å². The van der Waals surface area contributed by atoms with Crippen molar-refractivity contribution in [3.8, 4) is 12.1 Å². The molecule has 0 saturated heterocycles. The number of alkyl halides is 3. The van der Waals surface area contributed by atoms with Crippen LogP contribution in [0, 0.1) is 28.1 Å². The molecule has 0 spiro atoms. The lowest BCUT2D eigenvalue weighted by molar-refractivity contribution is -0.138. The van der Waals surface area contributed by atoms with E-state index in [9.17, 15) is 18.3 Å². The Morgan fingerprint density at radius 1 is 1.33 bits per heavy atom. The summed E-state index contributed by atoms with van der Waals surface area (Å²) >= 11 is 0. The van der Waals surface area contributed by atoms with Crippen LogP contribution in [0.25, 0.3) is 0 Å². The van der Waals surface area contributed by atoms with E-state index in [1.54, 1.807) is 19.1 Å². The summed E-state index contributed by atoms with van der Waals surface area (Å²) in [6.45, 7) is 1.71. The quantitative estimate of drug-likeness (QED) is 0.871. The van der Waals surface area contributed by atoms with Crippen molar-refractivity contribution in [3.05, 3.63) is 17.5 Å². The average molecular weight is 301 g/mol. The van der Waals surface area contributed by atoms with Crippen molar-refractivity contribution in [3.63, 3.8) is 0 Å². The number of aliphatic hydroxyl groups excluding tert-OH is 1. The number of aliphatic hydroxyl groups is 1. The highest BCUT2D eigenvalue weighted by molar-refractivity contribution is 5.20. The molecule has 1 heterocycles. The van der Waals surface area contributed by atoms with Gasteiger partial charge in [0.25, 0.3) is 0 Å². The molecule has 0 fully saturated rings. The average Bonchev–Trinajstić information content (AvgIpc) is 2.90. The van der Waals surface area contributed by atoms with Gasteiger partial charge in [0.2, 0.25) is 0 Å². The second-order valence-corrected chi connectivity index (χ2v) is 4.74. The van der Waals surface area contributed by atoms with Crippen molar-refractivity contribution in [1.29, 1.82) is 10.5 Å². The van der Waals surface area contributed by atoms with Gasteiger partial charge in [0, 0.05) is 18.9 Å². The topological polar surface area (TPSA) is 93.8 Å². The second-order valence-electron chi connectivity index (χ2n) is 4.74. The van der Waals surface area contributed by atoms with Gasteiger partial charge in [0.1, 0.15) is 11.5 Å². The number of hydrogen-bond acceptors (Lipinski definition) is 5. The summed E-state index contributed by atoms with van der Waals surface area (Å²) in [7, 11) is 0. The smallest absolute Gasteiger partial charge is 0.385 e. The van der Waals surface area contributed by atoms with Crippen molar-refractivity contribution >= 4 is 0 Å². The van der Waals surface area contributed by atoms with Crippen LogP contribution in [-0.4, -0.2) is 16.4 Å². The number of nitrogens with zero attached hydrogens (tertiary/aromatic N) is 3. The van der Waals surface area contributed by atoms with Gasteiger partial charge >= 0.3 is 6.18 Å². The van der Waals surface area contributed by atoms with Crippen LogP contribution >= 0.6 is 0 Å². The Bertz CT molecular complexity index is 540. The molecule has 0 saturated carbocycles. The first-order valence-electron chi connectivity index (χ1n) is 6.28. The van der Waals surface area contributed by atoms with Gasteiger partial charge in [-0.1, -0.05) is 12.1 Å². The molecule has 1 aromatic heterocycles. The van der Waals surface area contributed by atoms with Crippen LogP contribution in [0.1, 0.15) is 43.7 Å². The summed E-state index contributed by atoms with van der Waals surface area (Å²) in [5.74, 6) is 0.160. The molecular formula is C13H14F3N3O2. The zero-order valence-electron chi connectivity index (χ0n) is 11.3. The third-order valence-electron chi connectivity index (χ3n) is 3.04. The molecular weight excluding hydrogens is 287 g/mol. The highest BCUT2D eigenvalue weighted by atomic mass is 19.4. The standard InChI is InChI=1S/C13H14F3N3O2/c1-2-10(20)11-5-9(19-21-11)6-12(7-17,8-18)3-4-13(14,15)16/h5,10,20H,2-4,6H2,1H3. The lowest BCUT2D eigenvalue weighted by Crippen LogP contribution is -2.23. The molecule has 21 heavy (non-hydrogen) atoms. The van der Waals surface area contributed by atoms with Gasteiger partial charge < -0.3 is 9.63 Å². The minimum Gasteiger partial charge on any atom is -0.385 e. The Morgan fingerprint density at radius 3 is 2.43 bits per heavy atom. The summed E-state index contributed by atoms with van der Waals surface area (Å²) in [5, 5.41) is 31.2. The first-order valence-corrected chi connectivity index (χ1v) is 6.28.